The first-order valence-corrected chi connectivity index (χ1v) is 6.52. The Morgan fingerprint density at radius 3 is 2.40 bits per heavy atom. The molecule has 1 fully saturated rings. The SMILES string of the molecule is CNC1(C(C)=O)CN(c2ccccc2)CCN1C(=O)O. The summed E-state index contributed by atoms with van der Waals surface area (Å²) in [4.78, 5) is 26.7. The van der Waals surface area contributed by atoms with Crippen LogP contribution in [0.3, 0.4) is 0 Å². The van der Waals surface area contributed by atoms with E-state index in [0.29, 0.717) is 13.1 Å². The molecule has 0 radical (unpaired) electrons. The molecule has 1 aromatic carbocycles. The highest BCUT2D eigenvalue weighted by Gasteiger charge is 2.47. The number of carbonyl (C=O) groups excluding carboxylic acids is 1. The number of para-hydroxylation sites is 1. The number of carbonyl (C=O) groups is 2. The molecule has 1 atom stereocenters. The van der Waals surface area contributed by atoms with E-state index in [9.17, 15) is 14.7 Å². The van der Waals surface area contributed by atoms with Crippen LogP contribution in [0.25, 0.3) is 0 Å². The summed E-state index contributed by atoms with van der Waals surface area (Å²) in [7, 11) is 1.62. The van der Waals surface area contributed by atoms with Gasteiger partial charge in [0, 0.05) is 18.8 Å². The van der Waals surface area contributed by atoms with Crippen molar-refractivity contribution in [3.8, 4) is 0 Å². The van der Waals surface area contributed by atoms with E-state index in [-0.39, 0.29) is 12.3 Å². The molecule has 0 saturated carbocycles. The Bertz CT molecular complexity index is 506. The van der Waals surface area contributed by atoms with Crippen LogP contribution in [-0.4, -0.2) is 54.2 Å². The Labute approximate surface area is 118 Å². The Hall–Kier alpha value is -2.08. The maximum Gasteiger partial charge on any atom is 0.409 e. The lowest BCUT2D eigenvalue weighted by molar-refractivity contribution is -0.130. The van der Waals surface area contributed by atoms with Gasteiger partial charge in [-0.2, -0.15) is 0 Å². The third-order valence-electron chi connectivity index (χ3n) is 3.82. The molecular formula is C14H19N3O3. The molecule has 1 saturated heterocycles. The van der Waals surface area contributed by atoms with Gasteiger partial charge in [0.1, 0.15) is 0 Å². The Balaban J connectivity index is 2.33. The van der Waals surface area contributed by atoms with Gasteiger partial charge in [-0.1, -0.05) is 18.2 Å². The lowest BCUT2D eigenvalue weighted by Gasteiger charge is -2.48. The Kier molecular flexibility index (Phi) is 3.94. The lowest BCUT2D eigenvalue weighted by atomic mass is 9.99. The van der Waals surface area contributed by atoms with E-state index in [1.54, 1.807) is 7.05 Å². The number of hydrogen-bond donors (Lipinski definition) is 2. The van der Waals surface area contributed by atoms with E-state index in [4.69, 9.17) is 0 Å². The summed E-state index contributed by atoms with van der Waals surface area (Å²) in [5.74, 6) is -0.206. The molecule has 0 spiro atoms. The normalized spacial score (nSPS) is 22.7. The molecule has 0 bridgehead atoms. The van der Waals surface area contributed by atoms with E-state index >= 15 is 0 Å². The number of Topliss-reactive ketones (excluding diaryl/α,β-unsaturated/α-hetero) is 1. The lowest BCUT2D eigenvalue weighted by Crippen LogP contribution is -2.73. The molecule has 6 nitrogen and oxygen atoms in total. The molecule has 1 unspecified atom stereocenters. The molecule has 1 aliphatic rings. The maximum absolute atomic E-state index is 12.0. The molecular weight excluding hydrogens is 258 g/mol. The van der Waals surface area contributed by atoms with Crippen molar-refractivity contribution in [1.29, 1.82) is 0 Å². The first-order valence-electron chi connectivity index (χ1n) is 6.52. The number of likely N-dealkylation sites (N-methyl/N-ethyl adjacent to an activating group) is 1. The van der Waals surface area contributed by atoms with Crippen molar-refractivity contribution in [3.05, 3.63) is 30.3 Å². The second-order valence-corrected chi connectivity index (χ2v) is 4.86. The number of rotatable bonds is 3. The number of nitrogens with one attached hydrogen (secondary N) is 1. The van der Waals surface area contributed by atoms with Crippen LogP contribution in [-0.2, 0) is 4.79 Å². The van der Waals surface area contributed by atoms with Gasteiger partial charge in [-0.15, -0.1) is 0 Å². The van der Waals surface area contributed by atoms with E-state index in [2.05, 4.69) is 5.32 Å². The van der Waals surface area contributed by atoms with E-state index in [1.807, 2.05) is 35.2 Å². The van der Waals surface area contributed by atoms with E-state index in [0.717, 1.165) is 5.69 Å². The van der Waals surface area contributed by atoms with Crippen LogP contribution in [0, 0.1) is 0 Å². The fraction of sp³-hybridized carbons (Fsp3) is 0.429. The number of piperazine rings is 1. The largest absolute Gasteiger partial charge is 0.465 e. The highest BCUT2D eigenvalue weighted by atomic mass is 16.4. The topological polar surface area (TPSA) is 72.9 Å². The second kappa shape index (κ2) is 5.50. The zero-order valence-corrected chi connectivity index (χ0v) is 11.7. The van der Waals surface area contributed by atoms with Crippen LogP contribution in [0.15, 0.2) is 30.3 Å². The van der Waals surface area contributed by atoms with Crippen molar-refractivity contribution in [2.24, 2.45) is 0 Å². The summed E-state index contributed by atoms with van der Waals surface area (Å²) in [5.41, 5.74) is -0.210. The van der Waals surface area contributed by atoms with E-state index in [1.165, 1.54) is 11.8 Å². The van der Waals surface area contributed by atoms with Crippen LogP contribution in [0.4, 0.5) is 10.5 Å². The predicted octanol–water partition coefficient (Wildman–Crippen LogP) is 0.991. The summed E-state index contributed by atoms with van der Waals surface area (Å²) >= 11 is 0. The van der Waals surface area contributed by atoms with Gasteiger partial charge in [0.25, 0.3) is 0 Å². The number of carboxylic acid groups (broad SMARTS) is 1. The maximum atomic E-state index is 12.0. The third-order valence-corrected chi connectivity index (χ3v) is 3.82. The molecule has 6 heteroatoms. The predicted molar refractivity (Wildman–Crippen MR) is 75.9 cm³/mol. The molecule has 0 aromatic heterocycles. The van der Waals surface area contributed by atoms with Gasteiger partial charge in [0.15, 0.2) is 11.4 Å². The number of hydrogen-bond acceptors (Lipinski definition) is 4. The highest BCUT2D eigenvalue weighted by molar-refractivity contribution is 5.90. The molecule has 2 rings (SSSR count). The molecule has 1 aliphatic heterocycles. The number of nitrogens with zero attached hydrogens (tertiary/aromatic N) is 2. The fourth-order valence-electron chi connectivity index (χ4n) is 2.66. The van der Waals surface area contributed by atoms with Gasteiger partial charge >= 0.3 is 6.09 Å². The van der Waals surface area contributed by atoms with Crippen LogP contribution >= 0.6 is 0 Å². The van der Waals surface area contributed by atoms with Gasteiger partial charge in [0.05, 0.1) is 6.54 Å². The zero-order valence-electron chi connectivity index (χ0n) is 11.7. The van der Waals surface area contributed by atoms with Crippen molar-refractivity contribution in [1.82, 2.24) is 10.2 Å². The van der Waals surface area contributed by atoms with Gasteiger partial charge in [-0.25, -0.2) is 4.79 Å². The average molecular weight is 277 g/mol. The minimum atomic E-state index is -1.19. The highest BCUT2D eigenvalue weighted by Crippen LogP contribution is 2.25. The van der Waals surface area contributed by atoms with Crippen LogP contribution in [0.2, 0.25) is 0 Å². The second-order valence-electron chi connectivity index (χ2n) is 4.86. The fourth-order valence-corrected chi connectivity index (χ4v) is 2.66. The van der Waals surface area contributed by atoms with Crippen LogP contribution in [0.5, 0.6) is 0 Å². The quantitative estimate of drug-likeness (QED) is 0.862. The number of benzene rings is 1. The molecule has 2 N–H and O–H groups in total. The average Bonchev–Trinajstić information content (AvgIpc) is 2.47. The van der Waals surface area contributed by atoms with Gasteiger partial charge in [-0.05, 0) is 26.1 Å². The van der Waals surface area contributed by atoms with Crippen molar-refractivity contribution in [2.45, 2.75) is 12.6 Å². The Morgan fingerprint density at radius 1 is 1.25 bits per heavy atom. The Morgan fingerprint density at radius 2 is 1.90 bits per heavy atom. The van der Waals surface area contributed by atoms with Crippen LogP contribution in [0.1, 0.15) is 6.92 Å². The van der Waals surface area contributed by atoms with Gasteiger partial charge in [0.2, 0.25) is 0 Å². The zero-order chi connectivity index (χ0) is 14.8. The minimum Gasteiger partial charge on any atom is -0.465 e. The summed E-state index contributed by atoms with van der Waals surface area (Å²) < 4.78 is 0. The smallest absolute Gasteiger partial charge is 0.409 e. The van der Waals surface area contributed by atoms with Crippen molar-refractivity contribution < 1.29 is 14.7 Å². The molecule has 108 valence electrons. The summed E-state index contributed by atoms with van der Waals surface area (Å²) in [5, 5.41) is 12.2. The molecule has 1 amide bonds. The molecule has 0 aliphatic carbocycles. The number of amides is 1. The number of ketones is 1. The standard InChI is InChI=1S/C14H19N3O3/c1-11(18)14(15-2)10-16(8-9-17(14)13(19)20)12-6-4-3-5-7-12/h3-7,15H,8-10H2,1-2H3,(H,19,20). The van der Waals surface area contributed by atoms with Crippen molar-refractivity contribution in [2.75, 3.05) is 31.6 Å². The van der Waals surface area contributed by atoms with Crippen molar-refractivity contribution >= 4 is 17.6 Å². The summed E-state index contributed by atoms with van der Waals surface area (Å²) in [6.45, 7) is 2.56. The molecule has 1 heterocycles. The first-order chi connectivity index (χ1) is 9.51. The van der Waals surface area contributed by atoms with E-state index < -0.39 is 11.8 Å². The summed E-state index contributed by atoms with van der Waals surface area (Å²) in [6, 6.07) is 9.68. The third kappa shape index (κ3) is 2.34. The minimum absolute atomic E-state index is 0.206. The van der Waals surface area contributed by atoms with Gasteiger partial charge in [-0.3, -0.25) is 15.0 Å². The first kappa shape index (κ1) is 14.3. The number of anilines is 1. The van der Waals surface area contributed by atoms with Gasteiger partial charge < -0.3 is 10.0 Å². The molecule has 1 aromatic rings. The monoisotopic (exact) mass is 277 g/mol. The summed E-state index contributed by atoms with van der Waals surface area (Å²) in [6.07, 6.45) is -1.08. The molecule has 20 heavy (non-hydrogen) atoms. The van der Waals surface area contributed by atoms with Crippen molar-refractivity contribution in [3.63, 3.8) is 0 Å². The van der Waals surface area contributed by atoms with Crippen LogP contribution < -0.4 is 10.2 Å².